The van der Waals surface area contributed by atoms with Crippen LogP contribution in [0.5, 0.6) is 0 Å². The Morgan fingerprint density at radius 1 is 1.08 bits per heavy atom. The van der Waals surface area contributed by atoms with Gasteiger partial charge in [-0.3, -0.25) is 29.3 Å². The molecule has 3 aromatic rings. The highest BCUT2D eigenvalue weighted by molar-refractivity contribution is 6.27. The van der Waals surface area contributed by atoms with E-state index in [1.54, 1.807) is 4.90 Å². The van der Waals surface area contributed by atoms with Gasteiger partial charge in [0.25, 0.3) is 5.91 Å². The molecule has 3 amide bonds. The number of hydrogen-bond acceptors (Lipinski definition) is 6. The number of aromatic nitrogens is 2. The lowest BCUT2D eigenvalue weighted by Crippen LogP contribution is -2.53. The molecule has 9 nitrogen and oxygen atoms in total. The number of amides is 3. The van der Waals surface area contributed by atoms with Crippen LogP contribution in [0.1, 0.15) is 67.1 Å². The highest BCUT2D eigenvalue weighted by atomic mass is 16.2. The van der Waals surface area contributed by atoms with E-state index in [0.29, 0.717) is 31.0 Å². The number of piperidine rings is 2. The van der Waals surface area contributed by atoms with Gasteiger partial charge in [0.1, 0.15) is 6.04 Å². The Morgan fingerprint density at radius 3 is 2.62 bits per heavy atom. The zero-order chi connectivity index (χ0) is 27.3. The van der Waals surface area contributed by atoms with E-state index in [2.05, 4.69) is 34.9 Å². The van der Waals surface area contributed by atoms with Gasteiger partial charge in [0.15, 0.2) is 0 Å². The third-order valence-corrected chi connectivity index (χ3v) is 8.52. The molecule has 0 saturated carbocycles. The minimum absolute atomic E-state index is 0.134. The van der Waals surface area contributed by atoms with Gasteiger partial charge in [0, 0.05) is 49.6 Å². The number of likely N-dealkylation sites (tertiary alicyclic amines) is 1. The number of nitrogens with one attached hydrogen (secondary N) is 1. The van der Waals surface area contributed by atoms with Gasteiger partial charge < -0.3 is 10.6 Å². The minimum atomic E-state index is -0.678. The topological polar surface area (TPSA) is 114 Å². The summed E-state index contributed by atoms with van der Waals surface area (Å²) in [6.45, 7) is 8.26. The van der Waals surface area contributed by atoms with Crippen LogP contribution < -0.4 is 16.0 Å². The lowest BCUT2D eigenvalue weighted by molar-refractivity contribution is -0.134. The van der Waals surface area contributed by atoms with Crippen molar-refractivity contribution in [1.29, 1.82) is 0 Å². The molecule has 4 heterocycles. The number of rotatable bonds is 7. The van der Waals surface area contributed by atoms with E-state index >= 15 is 0 Å². The number of carbonyl (C=O) groups is 3. The predicted molar refractivity (Wildman–Crippen MR) is 150 cm³/mol. The van der Waals surface area contributed by atoms with Crippen LogP contribution >= 0.6 is 0 Å². The Morgan fingerprint density at radius 2 is 1.87 bits per heavy atom. The fourth-order valence-corrected chi connectivity index (χ4v) is 6.36. The van der Waals surface area contributed by atoms with Crippen molar-refractivity contribution in [2.75, 3.05) is 31.1 Å². The standard InChI is InChI=1S/C30H36N6O3/c1-30(2,17-31)18-34-12-10-21(11-13-34)35-16-19(15-32-35)14-20-6-7-24-27-22(20)4-3-5-23(27)29(39)36(24)25-8-9-26(37)33-28(25)38/h3-7,15-16,21,25H,8-14,17-18,31H2,1-2H3,(H,33,37,38). The first-order valence-electron chi connectivity index (χ1n) is 13.9. The maximum absolute atomic E-state index is 13.4. The van der Waals surface area contributed by atoms with Crippen LogP contribution in [0.3, 0.4) is 0 Å². The lowest BCUT2D eigenvalue weighted by Gasteiger charge is -2.36. The second-order valence-corrected chi connectivity index (χ2v) is 12.0. The van der Waals surface area contributed by atoms with Crippen molar-refractivity contribution in [3.63, 3.8) is 0 Å². The smallest absolute Gasteiger partial charge is 0.259 e. The summed E-state index contributed by atoms with van der Waals surface area (Å²) in [5.41, 5.74) is 9.66. The van der Waals surface area contributed by atoms with Gasteiger partial charge in [-0.05, 0) is 59.9 Å². The van der Waals surface area contributed by atoms with Gasteiger partial charge in [0.2, 0.25) is 11.8 Å². The highest BCUT2D eigenvalue weighted by Crippen LogP contribution is 2.41. The van der Waals surface area contributed by atoms with Crippen LogP contribution in [0, 0.1) is 5.41 Å². The first-order chi connectivity index (χ1) is 18.7. The summed E-state index contributed by atoms with van der Waals surface area (Å²) in [6.07, 6.45) is 7.52. The van der Waals surface area contributed by atoms with Gasteiger partial charge in [-0.25, -0.2) is 0 Å². The van der Waals surface area contributed by atoms with E-state index in [-0.39, 0.29) is 23.7 Å². The first-order valence-corrected chi connectivity index (χ1v) is 13.9. The maximum Gasteiger partial charge on any atom is 0.259 e. The van der Waals surface area contributed by atoms with Crippen molar-refractivity contribution in [2.45, 2.75) is 58.0 Å². The van der Waals surface area contributed by atoms with Crippen molar-refractivity contribution in [2.24, 2.45) is 11.1 Å². The molecule has 1 aromatic heterocycles. The zero-order valence-corrected chi connectivity index (χ0v) is 22.7. The van der Waals surface area contributed by atoms with E-state index in [1.165, 1.54) is 0 Å². The third kappa shape index (κ3) is 4.74. The third-order valence-electron chi connectivity index (χ3n) is 8.52. The first kappa shape index (κ1) is 25.7. The Labute approximate surface area is 228 Å². The van der Waals surface area contributed by atoms with Crippen LogP contribution in [0.15, 0.2) is 42.7 Å². The van der Waals surface area contributed by atoms with Crippen molar-refractivity contribution in [3.05, 3.63) is 59.4 Å². The molecule has 9 heteroatoms. The fourth-order valence-electron chi connectivity index (χ4n) is 6.36. The molecule has 3 N–H and O–H groups in total. The molecule has 204 valence electrons. The summed E-state index contributed by atoms with van der Waals surface area (Å²) in [5, 5.41) is 9.00. The number of nitrogens with two attached hydrogens (primary N) is 1. The molecular weight excluding hydrogens is 492 g/mol. The van der Waals surface area contributed by atoms with Crippen LogP contribution in [0.25, 0.3) is 10.8 Å². The summed E-state index contributed by atoms with van der Waals surface area (Å²) >= 11 is 0. The molecule has 2 fully saturated rings. The van der Waals surface area contributed by atoms with Gasteiger partial charge >= 0.3 is 0 Å². The Balaban J connectivity index is 1.20. The zero-order valence-electron chi connectivity index (χ0n) is 22.7. The molecule has 3 aliphatic rings. The SMILES string of the molecule is CC(C)(CN)CN1CCC(n2cc(Cc3ccc4c5c(cccc35)C(=O)N4C3CCC(=O)NC3=O)cn2)CC1. The summed E-state index contributed by atoms with van der Waals surface area (Å²) in [6, 6.07) is 9.48. The van der Waals surface area contributed by atoms with E-state index in [1.807, 2.05) is 36.5 Å². The molecule has 1 unspecified atom stereocenters. The lowest BCUT2D eigenvalue weighted by atomic mass is 9.92. The monoisotopic (exact) mass is 528 g/mol. The van der Waals surface area contributed by atoms with Crippen LogP contribution in [0.2, 0.25) is 0 Å². The molecule has 0 aliphatic carbocycles. The molecule has 0 spiro atoms. The summed E-state index contributed by atoms with van der Waals surface area (Å²) in [7, 11) is 0. The molecule has 0 bridgehead atoms. The molecule has 6 rings (SSSR count). The number of benzene rings is 2. The highest BCUT2D eigenvalue weighted by Gasteiger charge is 2.40. The second kappa shape index (κ2) is 9.88. The van der Waals surface area contributed by atoms with Crippen molar-refractivity contribution in [1.82, 2.24) is 20.0 Å². The number of anilines is 1. The van der Waals surface area contributed by atoms with E-state index < -0.39 is 11.9 Å². The Bertz CT molecular complexity index is 1450. The van der Waals surface area contributed by atoms with Gasteiger partial charge in [0.05, 0.1) is 17.9 Å². The molecule has 2 saturated heterocycles. The molecule has 0 radical (unpaired) electrons. The average molecular weight is 529 g/mol. The van der Waals surface area contributed by atoms with Crippen molar-refractivity contribution >= 4 is 34.2 Å². The molecule has 1 atom stereocenters. The van der Waals surface area contributed by atoms with Crippen LogP contribution in [0.4, 0.5) is 5.69 Å². The number of imide groups is 1. The molecule has 39 heavy (non-hydrogen) atoms. The molecule has 2 aromatic carbocycles. The van der Waals surface area contributed by atoms with Crippen LogP contribution in [-0.2, 0) is 16.0 Å². The average Bonchev–Trinajstić information content (AvgIpc) is 3.50. The van der Waals surface area contributed by atoms with Gasteiger partial charge in [-0.1, -0.05) is 32.0 Å². The fraction of sp³-hybridized carbons (Fsp3) is 0.467. The van der Waals surface area contributed by atoms with E-state index in [4.69, 9.17) is 10.8 Å². The minimum Gasteiger partial charge on any atom is -0.330 e. The predicted octanol–water partition coefficient (Wildman–Crippen LogP) is 3.01. The molecule has 3 aliphatic heterocycles. The number of hydrogen-bond donors (Lipinski definition) is 2. The van der Waals surface area contributed by atoms with E-state index in [0.717, 1.165) is 60.1 Å². The maximum atomic E-state index is 13.4. The normalized spacial score (nSPS) is 20.7. The summed E-state index contributed by atoms with van der Waals surface area (Å²) in [5.74, 6) is -0.884. The Hall–Kier alpha value is -3.56. The number of nitrogens with zero attached hydrogens (tertiary/aromatic N) is 4. The quantitative estimate of drug-likeness (QED) is 0.456. The van der Waals surface area contributed by atoms with Gasteiger partial charge in [-0.2, -0.15) is 5.10 Å². The Kier molecular flexibility index (Phi) is 6.51. The summed E-state index contributed by atoms with van der Waals surface area (Å²) < 4.78 is 2.12. The van der Waals surface area contributed by atoms with Crippen molar-refractivity contribution < 1.29 is 14.4 Å². The largest absolute Gasteiger partial charge is 0.330 e. The number of carbonyl (C=O) groups excluding carboxylic acids is 3. The summed E-state index contributed by atoms with van der Waals surface area (Å²) in [4.78, 5) is 41.8. The second-order valence-electron chi connectivity index (χ2n) is 12.0. The van der Waals surface area contributed by atoms with Crippen LogP contribution in [-0.4, -0.2) is 64.6 Å². The molecular formula is C30H36N6O3. The van der Waals surface area contributed by atoms with Crippen molar-refractivity contribution in [3.8, 4) is 0 Å². The van der Waals surface area contributed by atoms with Gasteiger partial charge in [-0.15, -0.1) is 0 Å². The van der Waals surface area contributed by atoms with E-state index in [9.17, 15) is 14.4 Å².